The number of aromatic amines is 1. The van der Waals surface area contributed by atoms with Gasteiger partial charge in [-0.1, -0.05) is 12.1 Å². The van der Waals surface area contributed by atoms with E-state index in [0.29, 0.717) is 6.61 Å². The zero-order valence-corrected chi connectivity index (χ0v) is 20.2. The van der Waals surface area contributed by atoms with E-state index < -0.39 is 0 Å². The third kappa shape index (κ3) is 5.00. The average Bonchev–Trinajstić information content (AvgIpc) is 3.58. The molecule has 5 rings (SSSR count). The maximum absolute atomic E-state index is 13.8. The molecule has 8 heteroatoms. The number of hydrogen-bond acceptors (Lipinski definition) is 5. The van der Waals surface area contributed by atoms with Gasteiger partial charge >= 0.3 is 0 Å². The monoisotopic (exact) mass is 476 g/mol. The Morgan fingerprint density at radius 1 is 1.03 bits per heavy atom. The molecule has 0 amide bonds. The van der Waals surface area contributed by atoms with Crippen LogP contribution in [-0.2, 0) is 16.7 Å². The Hall–Kier alpha value is -3.07. The number of fused-ring (bicyclic) bond motifs is 1. The van der Waals surface area contributed by atoms with Gasteiger partial charge in [-0.15, -0.1) is 10.2 Å². The summed E-state index contributed by atoms with van der Waals surface area (Å²) in [6.07, 6.45) is 9.37. The number of piperazine rings is 1. The zero-order chi connectivity index (χ0) is 24.1. The zero-order valence-electron chi connectivity index (χ0n) is 20.2. The number of halogens is 1. The summed E-state index contributed by atoms with van der Waals surface area (Å²) < 4.78 is 21.3. The van der Waals surface area contributed by atoms with E-state index in [0.717, 1.165) is 63.1 Å². The molecule has 2 aromatic heterocycles. The molecule has 2 aromatic carbocycles. The van der Waals surface area contributed by atoms with Crippen molar-refractivity contribution in [2.24, 2.45) is 0 Å². The number of nitrogens with one attached hydrogen (secondary N) is 2. The van der Waals surface area contributed by atoms with E-state index in [2.05, 4.69) is 49.8 Å². The van der Waals surface area contributed by atoms with E-state index in [4.69, 9.17) is 4.74 Å². The van der Waals surface area contributed by atoms with Gasteiger partial charge < -0.3 is 15.0 Å². The lowest BCUT2D eigenvalue weighted by molar-refractivity contribution is 0.0286. The average molecular weight is 477 g/mol. The highest BCUT2D eigenvalue weighted by molar-refractivity contribution is 5.85. The standard InChI is InChI=1S/C27H33FN6O/c1-35-16-11-27(34-14-12-29-13-15-34,22-4-6-23(28)7-5-22)10-2-3-21-18-30-26-9-8-24(17-25(21)26)33-19-31-32-20-33/h4-9,17-20,29-30H,2-3,10-16H2,1H3. The number of hydrogen-bond donors (Lipinski definition) is 2. The second-order valence-electron chi connectivity index (χ2n) is 9.28. The van der Waals surface area contributed by atoms with Crippen molar-refractivity contribution in [1.29, 1.82) is 0 Å². The summed E-state index contributed by atoms with van der Waals surface area (Å²) in [5, 5.41) is 12.6. The van der Waals surface area contributed by atoms with Gasteiger partial charge in [0.15, 0.2) is 0 Å². The summed E-state index contributed by atoms with van der Waals surface area (Å²) >= 11 is 0. The molecule has 0 saturated carbocycles. The van der Waals surface area contributed by atoms with Crippen LogP contribution < -0.4 is 5.32 Å². The van der Waals surface area contributed by atoms with Crippen molar-refractivity contribution >= 4 is 10.9 Å². The van der Waals surface area contributed by atoms with Crippen LogP contribution in [0.15, 0.2) is 61.3 Å². The van der Waals surface area contributed by atoms with Crippen molar-refractivity contribution in [3.8, 4) is 5.69 Å². The van der Waals surface area contributed by atoms with Gasteiger partial charge in [-0.3, -0.25) is 9.47 Å². The number of benzene rings is 2. The maximum Gasteiger partial charge on any atom is 0.123 e. The minimum Gasteiger partial charge on any atom is -0.385 e. The summed E-state index contributed by atoms with van der Waals surface area (Å²) in [6, 6.07) is 13.5. The van der Waals surface area contributed by atoms with Crippen LogP contribution in [-0.4, -0.2) is 64.5 Å². The predicted molar refractivity (Wildman–Crippen MR) is 135 cm³/mol. The fourth-order valence-corrected chi connectivity index (χ4v) is 5.48. The Bertz CT molecular complexity index is 1220. The molecule has 2 N–H and O–H groups in total. The van der Waals surface area contributed by atoms with Gasteiger partial charge in [0.25, 0.3) is 0 Å². The smallest absolute Gasteiger partial charge is 0.123 e. The first kappa shape index (κ1) is 23.7. The van der Waals surface area contributed by atoms with Crippen molar-refractivity contribution in [3.05, 3.63) is 78.3 Å². The van der Waals surface area contributed by atoms with Crippen LogP contribution in [0.25, 0.3) is 16.6 Å². The summed E-state index contributed by atoms with van der Waals surface area (Å²) in [7, 11) is 1.76. The molecule has 1 aliphatic heterocycles. The minimum atomic E-state index is -0.197. The summed E-state index contributed by atoms with van der Waals surface area (Å²) in [5.74, 6) is -0.197. The van der Waals surface area contributed by atoms with E-state index in [1.807, 2.05) is 16.7 Å². The summed E-state index contributed by atoms with van der Waals surface area (Å²) in [6.45, 7) is 4.53. The lowest BCUT2D eigenvalue weighted by Gasteiger charge is -2.47. The first-order chi connectivity index (χ1) is 17.2. The van der Waals surface area contributed by atoms with Crippen LogP contribution in [0.3, 0.4) is 0 Å². The number of aromatic nitrogens is 4. The molecule has 0 bridgehead atoms. The number of rotatable bonds is 10. The topological polar surface area (TPSA) is 71.0 Å². The molecule has 35 heavy (non-hydrogen) atoms. The Labute approximate surface area is 205 Å². The fraction of sp³-hybridized carbons (Fsp3) is 0.407. The second kappa shape index (κ2) is 10.7. The molecule has 184 valence electrons. The van der Waals surface area contributed by atoms with Gasteiger partial charge in [-0.2, -0.15) is 0 Å². The van der Waals surface area contributed by atoms with Gasteiger partial charge in [-0.05, 0) is 67.1 Å². The molecule has 4 aromatic rings. The molecule has 3 heterocycles. The predicted octanol–water partition coefficient (Wildman–Crippen LogP) is 4.05. The molecule has 1 saturated heterocycles. The SMILES string of the molecule is COCCC(CCCc1c[nH]c2ccc(-n3cnnc3)cc12)(c1ccc(F)cc1)N1CCNCC1. The molecule has 1 atom stereocenters. The number of H-pyrrole nitrogens is 1. The van der Waals surface area contributed by atoms with Crippen molar-refractivity contribution in [2.75, 3.05) is 39.9 Å². The van der Waals surface area contributed by atoms with E-state index in [1.165, 1.54) is 16.5 Å². The number of aryl methyl sites for hydroxylation is 1. The van der Waals surface area contributed by atoms with Crippen molar-refractivity contribution in [1.82, 2.24) is 30.0 Å². The Balaban J connectivity index is 1.41. The Morgan fingerprint density at radius 3 is 2.54 bits per heavy atom. The fourth-order valence-electron chi connectivity index (χ4n) is 5.48. The molecular formula is C27H33FN6O. The first-order valence-corrected chi connectivity index (χ1v) is 12.4. The highest BCUT2D eigenvalue weighted by atomic mass is 19.1. The van der Waals surface area contributed by atoms with Gasteiger partial charge in [-0.25, -0.2) is 4.39 Å². The highest BCUT2D eigenvalue weighted by Crippen LogP contribution is 2.38. The molecular weight excluding hydrogens is 443 g/mol. The summed E-state index contributed by atoms with van der Waals surface area (Å²) in [5.41, 5.74) is 4.46. The van der Waals surface area contributed by atoms with Crippen LogP contribution in [0.5, 0.6) is 0 Å². The third-order valence-corrected chi connectivity index (χ3v) is 7.33. The Morgan fingerprint density at radius 2 is 1.80 bits per heavy atom. The van der Waals surface area contributed by atoms with Crippen molar-refractivity contribution in [3.63, 3.8) is 0 Å². The van der Waals surface area contributed by atoms with Crippen LogP contribution in [0, 0.1) is 5.82 Å². The van der Waals surface area contributed by atoms with Gasteiger partial charge in [0.05, 0.1) is 0 Å². The normalized spacial score (nSPS) is 16.5. The van der Waals surface area contributed by atoms with Crippen LogP contribution in [0.2, 0.25) is 0 Å². The van der Waals surface area contributed by atoms with E-state index >= 15 is 0 Å². The summed E-state index contributed by atoms with van der Waals surface area (Å²) in [4.78, 5) is 6.00. The van der Waals surface area contributed by atoms with Gasteiger partial charge in [0.2, 0.25) is 0 Å². The molecule has 0 spiro atoms. The minimum absolute atomic E-state index is 0.189. The lowest BCUT2D eigenvalue weighted by atomic mass is 9.79. The van der Waals surface area contributed by atoms with Gasteiger partial charge in [0.1, 0.15) is 18.5 Å². The second-order valence-corrected chi connectivity index (χ2v) is 9.28. The highest BCUT2D eigenvalue weighted by Gasteiger charge is 2.38. The third-order valence-electron chi connectivity index (χ3n) is 7.33. The number of nitrogens with zero attached hydrogens (tertiary/aromatic N) is 4. The number of methoxy groups -OCH3 is 1. The Kier molecular flexibility index (Phi) is 7.22. The first-order valence-electron chi connectivity index (χ1n) is 12.4. The van der Waals surface area contributed by atoms with E-state index in [9.17, 15) is 4.39 Å². The number of ether oxygens (including phenoxy) is 1. The van der Waals surface area contributed by atoms with E-state index in [-0.39, 0.29) is 11.4 Å². The van der Waals surface area contributed by atoms with Crippen molar-refractivity contribution < 1.29 is 9.13 Å². The van der Waals surface area contributed by atoms with Gasteiger partial charge in [0, 0.05) is 68.2 Å². The lowest BCUT2D eigenvalue weighted by Crippen LogP contribution is -2.55. The molecule has 0 radical (unpaired) electrons. The molecule has 0 aliphatic carbocycles. The molecule has 1 unspecified atom stereocenters. The quantitative estimate of drug-likeness (QED) is 0.361. The largest absolute Gasteiger partial charge is 0.385 e. The maximum atomic E-state index is 13.8. The molecule has 1 fully saturated rings. The van der Waals surface area contributed by atoms with Crippen LogP contribution in [0.1, 0.15) is 30.4 Å². The molecule has 7 nitrogen and oxygen atoms in total. The van der Waals surface area contributed by atoms with Crippen molar-refractivity contribution in [2.45, 2.75) is 31.2 Å². The van der Waals surface area contributed by atoms with Crippen LogP contribution >= 0.6 is 0 Å². The molecule has 1 aliphatic rings. The van der Waals surface area contributed by atoms with E-state index in [1.54, 1.807) is 31.9 Å². The van der Waals surface area contributed by atoms with Crippen LogP contribution in [0.4, 0.5) is 4.39 Å².